The predicted molar refractivity (Wildman–Crippen MR) is 77.7 cm³/mol. The van der Waals surface area contributed by atoms with Crippen LogP contribution in [0.2, 0.25) is 0 Å². The Morgan fingerprint density at radius 2 is 2.17 bits per heavy atom. The number of hydrogen-bond acceptors (Lipinski definition) is 3. The van der Waals surface area contributed by atoms with Crippen LogP contribution in [0.4, 0.5) is 13.2 Å². The quantitative estimate of drug-likeness (QED) is 0.895. The molecular weight excluding hydrogens is 309 g/mol. The Kier molecular flexibility index (Phi) is 4.35. The molecule has 1 aromatic rings. The molecule has 5 nitrogen and oxygen atoms in total. The van der Waals surface area contributed by atoms with Gasteiger partial charge >= 0.3 is 6.18 Å². The van der Waals surface area contributed by atoms with Crippen molar-refractivity contribution in [2.24, 2.45) is 18.9 Å². The Bertz CT molecular complexity index is 571. The van der Waals surface area contributed by atoms with Crippen molar-refractivity contribution in [3.8, 4) is 0 Å². The van der Waals surface area contributed by atoms with Gasteiger partial charge < -0.3 is 10.2 Å². The van der Waals surface area contributed by atoms with Gasteiger partial charge in [0.05, 0.1) is 18.0 Å². The van der Waals surface area contributed by atoms with Crippen molar-refractivity contribution >= 4 is 5.91 Å². The van der Waals surface area contributed by atoms with Crippen LogP contribution >= 0.6 is 0 Å². The number of amides is 1. The zero-order chi connectivity index (χ0) is 16.6. The Balaban J connectivity index is 1.71. The minimum Gasteiger partial charge on any atom is -0.342 e. The molecule has 0 bridgehead atoms. The van der Waals surface area contributed by atoms with E-state index in [0.717, 1.165) is 5.56 Å². The van der Waals surface area contributed by atoms with Crippen LogP contribution in [-0.2, 0) is 11.8 Å². The first-order valence-corrected chi connectivity index (χ1v) is 7.91. The second-order valence-corrected chi connectivity index (χ2v) is 6.48. The number of carbonyl (C=O) groups is 1. The molecule has 23 heavy (non-hydrogen) atoms. The minimum absolute atomic E-state index is 0.0255. The molecular formula is C15H21F3N4O. The fraction of sp³-hybridized carbons (Fsp3) is 0.733. The molecule has 0 aromatic carbocycles. The smallest absolute Gasteiger partial charge is 0.342 e. The van der Waals surface area contributed by atoms with Gasteiger partial charge in [0.2, 0.25) is 5.91 Å². The molecule has 8 heteroatoms. The van der Waals surface area contributed by atoms with Crippen molar-refractivity contribution in [2.75, 3.05) is 26.2 Å². The molecule has 2 fully saturated rings. The van der Waals surface area contributed by atoms with Gasteiger partial charge in [-0.15, -0.1) is 0 Å². The van der Waals surface area contributed by atoms with E-state index < -0.39 is 12.1 Å². The third-order valence-electron chi connectivity index (χ3n) is 4.88. The molecule has 1 N–H and O–H groups in total. The van der Waals surface area contributed by atoms with Crippen LogP contribution in [0.1, 0.15) is 24.3 Å². The molecule has 0 radical (unpaired) electrons. The summed E-state index contributed by atoms with van der Waals surface area (Å²) >= 11 is 0. The summed E-state index contributed by atoms with van der Waals surface area (Å²) in [7, 11) is 1.81. The van der Waals surface area contributed by atoms with Gasteiger partial charge in [0.1, 0.15) is 0 Å². The van der Waals surface area contributed by atoms with Gasteiger partial charge in [-0.1, -0.05) is 0 Å². The van der Waals surface area contributed by atoms with Crippen LogP contribution in [-0.4, -0.2) is 52.9 Å². The van der Waals surface area contributed by atoms with Gasteiger partial charge in [0, 0.05) is 45.3 Å². The summed E-state index contributed by atoms with van der Waals surface area (Å²) in [5.41, 5.74) is 0.959. The van der Waals surface area contributed by atoms with Crippen LogP contribution < -0.4 is 5.32 Å². The maximum atomic E-state index is 12.9. The molecule has 0 aliphatic carbocycles. The molecule has 128 valence electrons. The molecule has 3 atom stereocenters. The number of nitrogens with zero attached hydrogens (tertiary/aromatic N) is 3. The number of aryl methyl sites for hydroxylation is 1. The third kappa shape index (κ3) is 3.36. The topological polar surface area (TPSA) is 50.2 Å². The van der Waals surface area contributed by atoms with Gasteiger partial charge in [0.15, 0.2) is 0 Å². The highest BCUT2D eigenvalue weighted by molar-refractivity contribution is 5.80. The van der Waals surface area contributed by atoms with E-state index in [-0.39, 0.29) is 30.7 Å². The van der Waals surface area contributed by atoms with Crippen molar-refractivity contribution in [3.63, 3.8) is 0 Å². The van der Waals surface area contributed by atoms with Gasteiger partial charge in [0.25, 0.3) is 0 Å². The second kappa shape index (κ2) is 6.14. The second-order valence-electron chi connectivity index (χ2n) is 6.48. The molecule has 1 aromatic heterocycles. The molecule has 0 spiro atoms. The number of nitrogens with one attached hydrogen (secondary N) is 1. The van der Waals surface area contributed by atoms with E-state index >= 15 is 0 Å². The number of alkyl halides is 3. The number of hydrogen-bond donors (Lipinski definition) is 1. The molecule has 1 amide bonds. The average molecular weight is 330 g/mol. The summed E-state index contributed by atoms with van der Waals surface area (Å²) in [4.78, 5) is 14.2. The first kappa shape index (κ1) is 16.3. The molecule has 2 aliphatic rings. The number of rotatable bonds is 2. The van der Waals surface area contributed by atoms with Crippen molar-refractivity contribution in [1.29, 1.82) is 0 Å². The number of likely N-dealkylation sites (tertiary alicyclic amines) is 1. The molecule has 2 saturated heterocycles. The van der Waals surface area contributed by atoms with Crippen molar-refractivity contribution in [2.45, 2.75) is 24.9 Å². The van der Waals surface area contributed by atoms with E-state index in [1.165, 1.54) is 4.90 Å². The Morgan fingerprint density at radius 3 is 2.83 bits per heavy atom. The largest absolute Gasteiger partial charge is 0.393 e. The van der Waals surface area contributed by atoms with Crippen LogP contribution in [0.3, 0.4) is 0 Å². The molecule has 3 heterocycles. The number of aromatic nitrogens is 2. The lowest BCUT2D eigenvalue weighted by Gasteiger charge is -2.35. The summed E-state index contributed by atoms with van der Waals surface area (Å²) in [5, 5.41) is 7.31. The lowest BCUT2D eigenvalue weighted by atomic mass is 9.88. The highest BCUT2D eigenvalue weighted by atomic mass is 19.4. The maximum absolute atomic E-state index is 12.9. The van der Waals surface area contributed by atoms with E-state index in [1.807, 2.05) is 6.20 Å². The molecule has 0 saturated carbocycles. The fourth-order valence-corrected chi connectivity index (χ4v) is 3.60. The highest BCUT2D eigenvalue weighted by Crippen LogP contribution is 2.35. The first-order chi connectivity index (χ1) is 10.9. The summed E-state index contributed by atoms with van der Waals surface area (Å²) in [6.07, 6.45) is -0.106. The Morgan fingerprint density at radius 1 is 1.39 bits per heavy atom. The van der Waals surface area contributed by atoms with Crippen molar-refractivity contribution < 1.29 is 18.0 Å². The third-order valence-corrected chi connectivity index (χ3v) is 4.88. The van der Waals surface area contributed by atoms with E-state index in [0.29, 0.717) is 26.1 Å². The summed E-state index contributed by atoms with van der Waals surface area (Å²) in [6.45, 7) is 1.37. The van der Waals surface area contributed by atoms with Crippen LogP contribution in [0.5, 0.6) is 0 Å². The van der Waals surface area contributed by atoms with E-state index in [9.17, 15) is 18.0 Å². The van der Waals surface area contributed by atoms with E-state index in [1.54, 1.807) is 17.9 Å². The zero-order valence-electron chi connectivity index (χ0n) is 13.0. The summed E-state index contributed by atoms with van der Waals surface area (Å²) in [5.74, 6) is -1.90. The minimum atomic E-state index is -4.23. The van der Waals surface area contributed by atoms with Crippen molar-refractivity contribution in [3.05, 3.63) is 18.0 Å². The van der Waals surface area contributed by atoms with E-state index in [2.05, 4.69) is 10.4 Å². The molecule has 1 unspecified atom stereocenters. The fourth-order valence-electron chi connectivity index (χ4n) is 3.60. The summed E-state index contributed by atoms with van der Waals surface area (Å²) in [6, 6.07) is 0. The number of piperidine rings is 1. The van der Waals surface area contributed by atoms with Gasteiger partial charge in [-0.3, -0.25) is 9.48 Å². The maximum Gasteiger partial charge on any atom is 0.393 e. The highest BCUT2D eigenvalue weighted by Gasteiger charge is 2.45. The Labute approximate surface area is 132 Å². The van der Waals surface area contributed by atoms with Crippen LogP contribution in [0.25, 0.3) is 0 Å². The van der Waals surface area contributed by atoms with Gasteiger partial charge in [-0.05, 0) is 18.4 Å². The van der Waals surface area contributed by atoms with Crippen LogP contribution in [0, 0.1) is 11.8 Å². The first-order valence-electron chi connectivity index (χ1n) is 7.91. The SMILES string of the molecule is Cn1cc([C@H]2CNC[C@@H]2C(=O)N2CCCC(C(F)(F)F)C2)cn1. The normalized spacial score (nSPS) is 29.0. The van der Waals surface area contributed by atoms with Gasteiger partial charge in [-0.2, -0.15) is 18.3 Å². The van der Waals surface area contributed by atoms with Crippen LogP contribution in [0.15, 0.2) is 12.4 Å². The molecule has 3 rings (SSSR count). The lowest BCUT2D eigenvalue weighted by molar-refractivity contribution is -0.188. The monoisotopic (exact) mass is 330 g/mol. The number of halogens is 3. The van der Waals surface area contributed by atoms with E-state index in [4.69, 9.17) is 0 Å². The van der Waals surface area contributed by atoms with Gasteiger partial charge in [-0.25, -0.2) is 0 Å². The molecule has 2 aliphatic heterocycles. The summed E-state index contributed by atoms with van der Waals surface area (Å²) < 4.78 is 40.5. The lowest BCUT2D eigenvalue weighted by Crippen LogP contribution is -2.47. The average Bonchev–Trinajstić information content (AvgIpc) is 3.14. The predicted octanol–water partition coefficient (Wildman–Crippen LogP) is 1.52. The Hall–Kier alpha value is -1.57. The number of carbonyl (C=O) groups excluding carboxylic acids is 1. The van der Waals surface area contributed by atoms with Crippen molar-refractivity contribution in [1.82, 2.24) is 20.0 Å². The standard InChI is InChI=1S/C15H21F3N4O/c1-21-8-10(5-20-21)12-6-19-7-13(12)14(23)22-4-2-3-11(9-22)15(16,17)18/h5,8,11-13,19H,2-4,6-7,9H2,1H3/t11?,12-,13+/m1/s1. The zero-order valence-corrected chi connectivity index (χ0v) is 13.0.